The SMILES string of the molecule is O=C(CC1CCS(=O)(=O)CC1)Nc1ccccc1Cl. The number of hydrogen-bond acceptors (Lipinski definition) is 3. The normalized spacial score (nSPS) is 19.0. The van der Waals surface area contributed by atoms with E-state index < -0.39 is 9.84 Å². The predicted octanol–water partition coefficient (Wildman–Crippen LogP) is 2.49. The lowest BCUT2D eigenvalue weighted by atomic mass is 9.98. The molecule has 0 radical (unpaired) electrons. The summed E-state index contributed by atoms with van der Waals surface area (Å²) < 4.78 is 22.6. The van der Waals surface area contributed by atoms with Gasteiger partial charge in [0, 0.05) is 6.42 Å². The first-order valence-corrected chi connectivity index (χ1v) is 8.41. The number of hydrogen-bond donors (Lipinski definition) is 1. The monoisotopic (exact) mass is 301 g/mol. The molecule has 1 amide bonds. The van der Waals surface area contributed by atoms with E-state index in [1.165, 1.54) is 0 Å². The first kappa shape index (κ1) is 14.3. The van der Waals surface area contributed by atoms with Gasteiger partial charge in [0.25, 0.3) is 0 Å². The molecule has 1 fully saturated rings. The average Bonchev–Trinajstić information content (AvgIpc) is 2.35. The van der Waals surface area contributed by atoms with Gasteiger partial charge in [-0.25, -0.2) is 8.42 Å². The highest BCUT2D eigenvalue weighted by atomic mass is 35.5. The minimum atomic E-state index is -2.87. The fraction of sp³-hybridized carbons (Fsp3) is 0.462. The summed E-state index contributed by atoms with van der Waals surface area (Å²) in [5.74, 6) is 0.414. The molecule has 4 nitrogen and oxygen atoms in total. The Morgan fingerprint density at radius 1 is 1.26 bits per heavy atom. The van der Waals surface area contributed by atoms with Gasteiger partial charge in [-0.3, -0.25) is 4.79 Å². The molecule has 1 aliphatic heterocycles. The van der Waals surface area contributed by atoms with Crippen LogP contribution in [-0.2, 0) is 14.6 Å². The van der Waals surface area contributed by atoms with Crippen LogP contribution in [0.3, 0.4) is 0 Å². The van der Waals surface area contributed by atoms with Gasteiger partial charge in [-0.1, -0.05) is 23.7 Å². The van der Waals surface area contributed by atoms with Crippen LogP contribution in [0.2, 0.25) is 5.02 Å². The molecule has 0 bridgehead atoms. The van der Waals surface area contributed by atoms with E-state index in [1.807, 2.05) is 0 Å². The third-order valence-electron chi connectivity index (χ3n) is 3.30. The second kappa shape index (κ2) is 5.92. The zero-order valence-electron chi connectivity index (χ0n) is 10.4. The van der Waals surface area contributed by atoms with Crippen molar-refractivity contribution in [3.8, 4) is 0 Å². The first-order valence-electron chi connectivity index (χ1n) is 6.21. The Balaban J connectivity index is 1.87. The number of rotatable bonds is 3. The number of carbonyl (C=O) groups is 1. The molecule has 104 valence electrons. The molecule has 1 aromatic rings. The van der Waals surface area contributed by atoms with Crippen molar-refractivity contribution in [1.29, 1.82) is 0 Å². The number of nitrogens with one attached hydrogen (secondary N) is 1. The van der Waals surface area contributed by atoms with E-state index in [1.54, 1.807) is 24.3 Å². The summed E-state index contributed by atoms with van der Waals surface area (Å²) in [6.07, 6.45) is 1.48. The maximum absolute atomic E-state index is 11.9. The van der Waals surface area contributed by atoms with Crippen molar-refractivity contribution in [3.05, 3.63) is 29.3 Å². The molecule has 6 heteroatoms. The van der Waals surface area contributed by atoms with Gasteiger partial charge in [0.05, 0.1) is 22.2 Å². The molecule has 19 heavy (non-hydrogen) atoms. The predicted molar refractivity (Wildman–Crippen MR) is 76.1 cm³/mol. The molecule has 1 heterocycles. The quantitative estimate of drug-likeness (QED) is 0.933. The maximum Gasteiger partial charge on any atom is 0.224 e. The minimum absolute atomic E-state index is 0.114. The molecule has 0 saturated carbocycles. The molecular weight excluding hydrogens is 286 g/mol. The van der Waals surface area contributed by atoms with Gasteiger partial charge in [-0.2, -0.15) is 0 Å². The van der Waals surface area contributed by atoms with Crippen LogP contribution < -0.4 is 5.32 Å². The van der Waals surface area contributed by atoms with Gasteiger partial charge >= 0.3 is 0 Å². The van der Waals surface area contributed by atoms with E-state index in [9.17, 15) is 13.2 Å². The van der Waals surface area contributed by atoms with Crippen molar-refractivity contribution in [1.82, 2.24) is 0 Å². The van der Waals surface area contributed by atoms with Gasteiger partial charge in [0.15, 0.2) is 0 Å². The average molecular weight is 302 g/mol. The number of benzene rings is 1. The fourth-order valence-electron chi connectivity index (χ4n) is 2.17. The number of halogens is 1. The van der Waals surface area contributed by atoms with Crippen LogP contribution in [0.4, 0.5) is 5.69 Å². The molecule has 0 aliphatic carbocycles. The standard InChI is InChI=1S/C13H16ClNO3S/c14-11-3-1-2-4-12(11)15-13(16)9-10-5-7-19(17,18)8-6-10/h1-4,10H,5-9H2,(H,15,16). The summed E-state index contributed by atoms with van der Waals surface area (Å²) in [5.41, 5.74) is 0.595. The Hall–Kier alpha value is -1.07. The van der Waals surface area contributed by atoms with E-state index >= 15 is 0 Å². The summed E-state index contributed by atoms with van der Waals surface area (Å²) in [4.78, 5) is 11.9. The highest BCUT2D eigenvalue weighted by molar-refractivity contribution is 7.91. The van der Waals surface area contributed by atoms with Crippen molar-refractivity contribution in [2.75, 3.05) is 16.8 Å². The van der Waals surface area contributed by atoms with Gasteiger partial charge < -0.3 is 5.32 Å². The number of anilines is 1. The molecule has 1 saturated heterocycles. The van der Waals surface area contributed by atoms with Crippen LogP contribution in [0.25, 0.3) is 0 Å². The Labute approximate surface area is 118 Å². The summed E-state index contributed by atoms with van der Waals surface area (Å²) in [6, 6.07) is 7.05. The third kappa shape index (κ3) is 4.21. The van der Waals surface area contributed by atoms with Crippen molar-refractivity contribution in [2.24, 2.45) is 5.92 Å². The van der Waals surface area contributed by atoms with Gasteiger partial charge in [-0.05, 0) is 30.9 Å². The Kier molecular flexibility index (Phi) is 4.47. The van der Waals surface area contributed by atoms with Crippen LogP contribution in [0, 0.1) is 5.92 Å². The highest BCUT2D eigenvalue weighted by Crippen LogP contribution is 2.24. The number of para-hydroxylation sites is 1. The molecule has 2 rings (SSSR count). The van der Waals surface area contributed by atoms with Crippen LogP contribution in [-0.4, -0.2) is 25.8 Å². The van der Waals surface area contributed by atoms with E-state index in [0.29, 0.717) is 30.0 Å². The topological polar surface area (TPSA) is 63.2 Å². The van der Waals surface area contributed by atoms with E-state index in [4.69, 9.17) is 11.6 Å². The lowest BCUT2D eigenvalue weighted by Gasteiger charge is -2.21. The number of amides is 1. The Morgan fingerprint density at radius 3 is 2.53 bits per heavy atom. The Morgan fingerprint density at radius 2 is 1.89 bits per heavy atom. The maximum atomic E-state index is 11.9. The van der Waals surface area contributed by atoms with E-state index in [-0.39, 0.29) is 23.3 Å². The highest BCUT2D eigenvalue weighted by Gasteiger charge is 2.25. The number of sulfone groups is 1. The second-order valence-electron chi connectivity index (χ2n) is 4.83. The van der Waals surface area contributed by atoms with Crippen molar-refractivity contribution in [2.45, 2.75) is 19.3 Å². The molecule has 1 aliphatic rings. The second-order valence-corrected chi connectivity index (χ2v) is 7.54. The van der Waals surface area contributed by atoms with Crippen LogP contribution >= 0.6 is 11.6 Å². The lowest BCUT2D eigenvalue weighted by molar-refractivity contribution is -0.117. The molecular formula is C13H16ClNO3S. The van der Waals surface area contributed by atoms with Crippen LogP contribution in [0.1, 0.15) is 19.3 Å². The van der Waals surface area contributed by atoms with Crippen molar-refractivity contribution in [3.63, 3.8) is 0 Å². The molecule has 1 aromatic carbocycles. The van der Waals surface area contributed by atoms with Crippen LogP contribution in [0.15, 0.2) is 24.3 Å². The first-order chi connectivity index (χ1) is 8.96. The third-order valence-corrected chi connectivity index (χ3v) is 5.34. The summed E-state index contributed by atoms with van der Waals surface area (Å²) in [6.45, 7) is 0. The largest absolute Gasteiger partial charge is 0.325 e. The number of carbonyl (C=O) groups excluding carboxylic acids is 1. The van der Waals surface area contributed by atoms with Gasteiger partial charge in [0.1, 0.15) is 9.84 Å². The minimum Gasteiger partial charge on any atom is -0.325 e. The van der Waals surface area contributed by atoms with Gasteiger partial charge in [-0.15, -0.1) is 0 Å². The van der Waals surface area contributed by atoms with Crippen molar-refractivity contribution >= 4 is 33.0 Å². The summed E-state index contributed by atoms with van der Waals surface area (Å²) in [5, 5.41) is 3.26. The van der Waals surface area contributed by atoms with E-state index in [2.05, 4.69) is 5.32 Å². The van der Waals surface area contributed by atoms with Crippen LogP contribution in [0.5, 0.6) is 0 Å². The fourth-order valence-corrected chi connectivity index (χ4v) is 3.94. The van der Waals surface area contributed by atoms with Gasteiger partial charge in [0.2, 0.25) is 5.91 Å². The molecule has 0 spiro atoms. The smallest absolute Gasteiger partial charge is 0.224 e. The van der Waals surface area contributed by atoms with E-state index in [0.717, 1.165) is 0 Å². The zero-order chi connectivity index (χ0) is 13.9. The molecule has 0 atom stereocenters. The lowest BCUT2D eigenvalue weighted by Crippen LogP contribution is -2.26. The molecule has 1 N–H and O–H groups in total. The summed E-state index contributed by atoms with van der Waals surface area (Å²) in [7, 11) is -2.87. The zero-order valence-corrected chi connectivity index (χ0v) is 12.0. The summed E-state index contributed by atoms with van der Waals surface area (Å²) >= 11 is 5.95. The molecule has 0 unspecified atom stereocenters. The van der Waals surface area contributed by atoms with Crippen molar-refractivity contribution < 1.29 is 13.2 Å². The Bertz CT molecular complexity index is 557. The molecule has 0 aromatic heterocycles.